The van der Waals surface area contributed by atoms with E-state index in [1.54, 1.807) is 17.0 Å². The molecule has 0 saturated carbocycles. The number of benzene rings is 2. The molecule has 4 rings (SSSR count). The number of piperazine rings is 1. The third-order valence-corrected chi connectivity index (χ3v) is 8.69. The highest BCUT2D eigenvalue weighted by Gasteiger charge is 2.36. The number of carbonyl (C=O) groups is 1. The predicted molar refractivity (Wildman–Crippen MR) is 147 cm³/mol. The highest BCUT2D eigenvalue weighted by molar-refractivity contribution is 7.90. The molecule has 2 fully saturated rings. The molecule has 0 spiro atoms. The summed E-state index contributed by atoms with van der Waals surface area (Å²) in [5.74, 6) is -0.620. The second-order valence-corrected chi connectivity index (χ2v) is 13.3. The van der Waals surface area contributed by atoms with Crippen LogP contribution in [0.25, 0.3) is 0 Å². The Morgan fingerprint density at radius 1 is 0.975 bits per heavy atom. The van der Waals surface area contributed by atoms with Crippen LogP contribution >= 0.6 is 11.6 Å². The Morgan fingerprint density at radius 3 is 2.20 bits per heavy atom. The fourth-order valence-corrected chi connectivity index (χ4v) is 6.28. The Labute approximate surface area is 238 Å². The van der Waals surface area contributed by atoms with Crippen molar-refractivity contribution in [3.05, 3.63) is 64.2 Å². The topological polar surface area (TPSA) is 70.2 Å². The number of sulfone groups is 1. The van der Waals surface area contributed by atoms with Crippen LogP contribution in [-0.2, 0) is 27.2 Å². The summed E-state index contributed by atoms with van der Waals surface area (Å²) >= 11 is 6.05. The van der Waals surface area contributed by atoms with Gasteiger partial charge in [0.05, 0.1) is 22.7 Å². The van der Waals surface area contributed by atoms with E-state index in [2.05, 4.69) is 23.6 Å². The molecular weight excluding hydrogens is 567 g/mol. The molecule has 2 aliphatic heterocycles. The normalized spacial score (nSPS) is 23.4. The first-order chi connectivity index (χ1) is 18.7. The average molecular weight is 602 g/mol. The van der Waals surface area contributed by atoms with Crippen LogP contribution in [0.4, 0.5) is 13.2 Å². The first-order valence-corrected chi connectivity index (χ1v) is 15.5. The lowest BCUT2D eigenvalue weighted by Gasteiger charge is -2.43. The SMILES string of the molecule is C[C@@H]1CN(CCN2CCN(C(=O)c3cc(C(F)(F)F)cc(S(C)(=O)=O)c3)[C@H](Cc3ccc(Cl)cc3)C2)C[C@H](C)O1. The highest BCUT2D eigenvalue weighted by atomic mass is 35.5. The van der Waals surface area contributed by atoms with Crippen LogP contribution in [0.3, 0.4) is 0 Å². The minimum atomic E-state index is -4.80. The summed E-state index contributed by atoms with van der Waals surface area (Å²) in [6.45, 7) is 8.79. The van der Waals surface area contributed by atoms with E-state index in [9.17, 15) is 26.4 Å². The van der Waals surface area contributed by atoms with Crippen LogP contribution < -0.4 is 0 Å². The Hall–Kier alpha value is -2.18. The van der Waals surface area contributed by atoms with Crippen molar-refractivity contribution in [1.82, 2.24) is 14.7 Å². The predicted octanol–water partition coefficient (Wildman–Crippen LogP) is 4.24. The molecule has 0 aliphatic carbocycles. The van der Waals surface area contributed by atoms with Gasteiger partial charge >= 0.3 is 6.18 Å². The Morgan fingerprint density at radius 2 is 1.60 bits per heavy atom. The maximum absolute atomic E-state index is 13.7. The summed E-state index contributed by atoms with van der Waals surface area (Å²) in [6.07, 6.45) is -3.19. The molecule has 0 radical (unpaired) electrons. The van der Waals surface area contributed by atoms with E-state index in [0.717, 1.165) is 50.1 Å². The first kappa shape index (κ1) is 30.8. The van der Waals surface area contributed by atoms with Gasteiger partial charge < -0.3 is 9.64 Å². The fourth-order valence-electron chi connectivity index (χ4n) is 5.47. The van der Waals surface area contributed by atoms with Crippen molar-refractivity contribution in [2.45, 2.75) is 49.6 Å². The van der Waals surface area contributed by atoms with E-state index in [0.29, 0.717) is 37.1 Å². The summed E-state index contributed by atoms with van der Waals surface area (Å²) in [5.41, 5.74) is -0.521. The molecule has 2 aromatic carbocycles. The molecule has 220 valence electrons. The molecule has 3 atom stereocenters. The van der Waals surface area contributed by atoms with Gasteiger partial charge in [0.15, 0.2) is 9.84 Å². The summed E-state index contributed by atoms with van der Waals surface area (Å²) in [5, 5.41) is 0.577. The van der Waals surface area contributed by atoms with Gasteiger partial charge in [0.25, 0.3) is 5.91 Å². The Bertz CT molecular complexity index is 1300. The second-order valence-electron chi connectivity index (χ2n) is 10.8. The molecule has 0 unspecified atom stereocenters. The van der Waals surface area contributed by atoms with Crippen LogP contribution in [0, 0.1) is 0 Å². The first-order valence-electron chi connectivity index (χ1n) is 13.3. The number of nitrogens with zero attached hydrogens (tertiary/aromatic N) is 3. The number of alkyl halides is 3. The fraction of sp³-hybridized carbons (Fsp3) is 0.536. The van der Waals surface area contributed by atoms with Crippen molar-refractivity contribution in [2.75, 3.05) is 52.1 Å². The quantitative estimate of drug-likeness (QED) is 0.473. The zero-order valence-corrected chi connectivity index (χ0v) is 24.4. The van der Waals surface area contributed by atoms with Crippen LogP contribution in [0.15, 0.2) is 47.4 Å². The molecular formula is C28H35ClF3N3O4S. The second kappa shape index (κ2) is 12.4. The van der Waals surface area contributed by atoms with Crippen molar-refractivity contribution in [2.24, 2.45) is 0 Å². The minimum Gasteiger partial charge on any atom is -0.373 e. The van der Waals surface area contributed by atoms with E-state index < -0.39 is 32.4 Å². The van der Waals surface area contributed by atoms with Crippen molar-refractivity contribution < 1.29 is 31.1 Å². The maximum atomic E-state index is 13.7. The highest BCUT2D eigenvalue weighted by Crippen LogP contribution is 2.32. The van der Waals surface area contributed by atoms with Crippen molar-refractivity contribution in [1.29, 1.82) is 0 Å². The lowest BCUT2D eigenvalue weighted by Crippen LogP contribution is -2.57. The van der Waals surface area contributed by atoms with Gasteiger partial charge in [-0.1, -0.05) is 23.7 Å². The molecule has 0 aromatic heterocycles. The molecule has 40 heavy (non-hydrogen) atoms. The largest absolute Gasteiger partial charge is 0.416 e. The van der Waals surface area contributed by atoms with Gasteiger partial charge in [0.2, 0.25) is 0 Å². The molecule has 2 aliphatic rings. The van der Waals surface area contributed by atoms with Crippen LogP contribution in [0.5, 0.6) is 0 Å². The van der Waals surface area contributed by atoms with Crippen LogP contribution in [-0.4, -0.2) is 99.3 Å². The summed E-state index contributed by atoms with van der Waals surface area (Å²) in [6, 6.07) is 9.27. The summed E-state index contributed by atoms with van der Waals surface area (Å²) < 4.78 is 71.0. The van der Waals surface area contributed by atoms with Gasteiger partial charge in [-0.3, -0.25) is 14.6 Å². The zero-order valence-electron chi connectivity index (χ0n) is 22.8. The number of amides is 1. The number of ether oxygens (including phenoxy) is 1. The summed E-state index contributed by atoms with van der Waals surface area (Å²) in [4.78, 5) is 19.4. The average Bonchev–Trinajstić information content (AvgIpc) is 2.87. The number of hydrogen-bond donors (Lipinski definition) is 0. The molecule has 0 N–H and O–H groups in total. The van der Waals surface area contributed by atoms with Gasteiger partial charge in [-0.25, -0.2) is 8.42 Å². The van der Waals surface area contributed by atoms with Crippen LogP contribution in [0.2, 0.25) is 5.02 Å². The maximum Gasteiger partial charge on any atom is 0.416 e. The monoisotopic (exact) mass is 601 g/mol. The van der Waals surface area contributed by atoms with Gasteiger partial charge in [-0.2, -0.15) is 13.2 Å². The minimum absolute atomic E-state index is 0.153. The van der Waals surface area contributed by atoms with Crippen LogP contribution in [0.1, 0.15) is 35.3 Å². The number of carbonyl (C=O) groups excluding carboxylic acids is 1. The molecule has 0 bridgehead atoms. The third kappa shape index (κ3) is 7.97. The molecule has 2 aromatic rings. The number of morpholine rings is 1. The lowest BCUT2D eigenvalue weighted by molar-refractivity contribution is -0.137. The molecule has 1 amide bonds. The molecule has 12 heteroatoms. The van der Waals surface area contributed by atoms with Gasteiger partial charge in [-0.05, 0) is 56.2 Å². The number of hydrogen-bond acceptors (Lipinski definition) is 6. The summed E-state index contributed by atoms with van der Waals surface area (Å²) in [7, 11) is -3.98. The van der Waals surface area contributed by atoms with E-state index >= 15 is 0 Å². The molecule has 2 saturated heterocycles. The van der Waals surface area contributed by atoms with Crippen molar-refractivity contribution in [3.8, 4) is 0 Å². The zero-order chi connectivity index (χ0) is 29.2. The lowest BCUT2D eigenvalue weighted by atomic mass is 10.00. The van der Waals surface area contributed by atoms with E-state index in [-0.39, 0.29) is 23.8 Å². The van der Waals surface area contributed by atoms with E-state index in [1.807, 2.05) is 12.1 Å². The Balaban J connectivity index is 1.57. The van der Waals surface area contributed by atoms with E-state index in [4.69, 9.17) is 16.3 Å². The van der Waals surface area contributed by atoms with Crippen molar-refractivity contribution >= 4 is 27.3 Å². The third-order valence-electron chi connectivity index (χ3n) is 7.35. The number of halogens is 4. The number of rotatable bonds is 7. The standard InChI is InChI=1S/C28H35ClF3N3O4S/c1-19-16-34(17-20(2)39-19)9-8-33-10-11-35(25(18-33)12-21-4-6-24(29)7-5-21)27(36)22-13-23(28(30,31)32)15-26(14-22)40(3,37)38/h4-7,13-15,19-20,25H,8-12,16-18H2,1-3H3/t19-,20+,25-/m1/s1. The van der Waals surface area contributed by atoms with Gasteiger partial charge in [0.1, 0.15) is 0 Å². The van der Waals surface area contributed by atoms with Gasteiger partial charge in [0, 0.05) is 68.7 Å². The molecule has 2 heterocycles. The van der Waals surface area contributed by atoms with Crippen molar-refractivity contribution in [3.63, 3.8) is 0 Å². The smallest absolute Gasteiger partial charge is 0.373 e. The Kier molecular flexibility index (Phi) is 9.51. The van der Waals surface area contributed by atoms with E-state index in [1.165, 1.54) is 0 Å². The molecule has 7 nitrogen and oxygen atoms in total. The van der Waals surface area contributed by atoms with Gasteiger partial charge in [-0.15, -0.1) is 0 Å².